The number of aromatic nitrogens is 6. The fourth-order valence-corrected chi connectivity index (χ4v) is 2.61. The smallest absolute Gasteiger partial charge is 0.183 e. The van der Waals surface area contributed by atoms with Gasteiger partial charge in [0, 0.05) is 32.5 Å². The van der Waals surface area contributed by atoms with E-state index in [0.29, 0.717) is 11.5 Å². The molecule has 4 heterocycles. The van der Waals surface area contributed by atoms with E-state index in [1.165, 1.54) is 6.20 Å². The number of nitrogens with zero attached hydrogens (tertiary/aromatic N) is 9. The van der Waals surface area contributed by atoms with E-state index in [2.05, 4.69) is 36.2 Å². The number of hydrogen-bond acceptors (Lipinski definition) is 8. The molecule has 0 radical (unpaired) electrons. The zero-order chi connectivity index (χ0) is 15.8. The van der Waals surface area contributed by atoms with Gasteiger partial charge in [-0.25, -0.2) is 9.97 Å². The molecule has 0 atom stereocenters. The molecule has 114 valence electrons. The predicted molar refractivity (Wildman–Crippen MR) is 81.9 cm³/mol. The van der Waals surface area contributed by atoms with E-state index in [1.54, 1.807) is 17.0 Å². The van der Waals surface area contributed by atoms with Gasteiger partial charge in [-0.15, -0.1) is 15.3 Å². The van der Waals surface area contributed by atoms with Crippen LogP contribution in [0.3, 0.4) is 0 Å². The van der Waals surface area contributed by atoms with Crippen molar-refractivity contribution in [2.24, 2.45) is 0 Å². The van der Waals surface area contributed by atoms with Gasteiger partial charge in [-0.05, 0) is 12.1 Å². The number of likely N-dealkylation sites (N-methyl/N-ethyl adjacent to an activating group) is 1. The summed E-state index contributed by atoms with van der Waals surface area (Å²) in [5, 5.41) is 21.4. The Kier molecular flexibility index (Phi) is 3.01. The van der Waals surface area contributed by atoms with Crippen LogP contribution in [-0.4, -0.2) is 56.0 Å². The molecule has 1 aliphatic heterocycles. The van der Waals surface area contributed by atoms with Gasteiger partial charge in [0.2, 0.25) is 0 Å². The zero-order valence-electron chi connectivity index (χ0n) is 12.4. The van der Waals surface area contributed by atoms with Crippen molar-refractivity contribution in [2.75, 3.05) is 29.9 Å². The van der Waals surface area contributed by atoms with Crippen LogP contribution in [0.2, 0.25) is 0 Å². The van der Waals surface area contributed by atoms with Crippen molar-refractivity contribution in [1.82, 2.24) is 29.8 Å². The van der Waals surface area contributed by atoms with Gasteiger partial charge < -0.3 is 9.80 Å². The molecule has 0 N–H and O–H groups in total. The van der Waals surface area contributed by atoms with Crippen LogP contribution in [0.25, 0.3) is 5.65 Å². The molecule has 9 heteroatoms. The molecule has 1 aliphatic rings. The minimum atomic E-state index is 0.261. The normalized spacial score (nSPS) is 14.5. The molecule has 4 rings (SSSR count). The molecule has 3 aromatic heterocycles. The second kappa shape index (κ2) is 5.17. The van der Waals surface area contributed by atoms with Crippen LogP contribution < -0.4 is 9.80 Å². The Balaban J connectivity index is 1.49. The fourth-order valence-electron chi connectivity index (χ4n) is 2.61. The lowest BCUT2D eigenvalue weighted by Crippen LogP contribution is -2.59. The van der Waals surface area contributed by atoms with Gasteiger partial charge in [-0.1, -0.05) is 0 Å². The maximum absolute atomic E-state index is 9.14. The van der Waals surface area contributed by atoms with Crippen LogP contribution in [0.4, 0.5) is 11.6 Å². The molecule has 0 saturated carbocycles. The molecule has 0 aromatic carbocycles. The van der Waals surface area contributed by atoms with Crippen molar-refractivity contribution in [3.05, 3.63) is 36.5 Å². The van der Waals surface area contributed by atoms with Crippen LogP contribution in [0.5, 0.6) is 0 Å². The summed E-state index contributed by atoms with van der Waals surface area (Å²) in [6, 6.07) is 6.17. The monoisotopic (exact) mass is 307 g/mol. The Morgan fingerprint density at radius 2 is 2.09 bits per heavy atom. The largest absolute Gasteiger partial charge is 0.351 e. The van der Waals surface area contributed by atoms with E-state index in [0.717, 1.165) is 24.6 Å². The molecule has 1 saturated heterocycles. The average Bonchev–Trinajstić information content (AvgIpc) is 3.01. The minimum Gasteiger partial charge on any atom is -0.351 e. The first-order chi connectivity index (χ1) is 11.3. The molecule has 0 bridgehead atoms. The SMILES string of the molecule is CN(c1nccnc1C#N)C1CN(c2ccc3nncn3n2)C1. The zero-order valence-corrected chi connectivity index (χ0v) is 12.4. The quantitative estimate of drug-likeness (QED) is 0.672. The summed E-state index contributed by atoms with van der Waals surface area (Å²) in [5.74, 6) is 1.49. The van der Waals surface area contributed by atoms with Crippen molar-refractivity contribution in [1.29, 1.82) is 5.26 Å². The van der Waals surface area contributed by atoms with Crippen LogP contribution in [0.15, 0.2) is 30.9 Å². The van der Waals surface area contributed by atoms with Gasteiger partial charge in [-0.3, -0.25) is 0 Å². The summed E-state index contributed by atoms with van der Waals surface area (Å²) in [7, 11) is 1.93. The van der Waals surface area contributed by atoms with E-state index in [9.17, 15) is 0 Å². The van der Waals surface area contributed by atoms with Gasteiger partial charge in [0.05, 0.1) is 6.04 Å². The fraction of sp³-hybridized carbons (Fsp3) is 0.286. The summed E-state index contributed by atoms with van der Waals surface area (Å²) < 4.78 is 1.66. The van der Waals surface area contributed by atoms with Crippen molar-refractivity contribution < 1.29 is 0 Å². The van der Waals surface area contributed by atoms with E-state index in [4.69, 9.17) is 5.26 Å². The minimum absolute atomic E-state index is 0.261. The van der Waals surface area contributed by atoms with E-state index < -0.39 is 0 Å². The Labute approximate surface area is 131 Å². The molecule has 0 unspecified atom stereocenters. The highest BCUT2D eigenvalue weighted by Gasteiger charge is 2.32. The summed E-state index contributed by atoms with van der Waals surface area (Å²) in [5.41, 5.74) is 1.07. The summed E-state index contributed by atoms with van der Waals surface area (Å²) >= 11 is 0. The van der Waals surface area contributed by atoms with E-state index >= 15 is 0 Å². The van der Waals surface area contributed by atoms with Crippen LogP contribution in [-0.2, 0) is 0 Å². The highest BCUT2D eigenvalue weighted by atomic mass is 15.4. The first kappa shape index (κ1) is 13.4. The van der Waals surface area contributed by atoms with Gasteiger partial charge in [0.15, 0.2) is 17.2 Å². The first-order valence-corrected chi connectivity index (χ1v) is 7.12. The maximum atomic E-state index is 9.14. The van der Waals surface area contributed by atoms with Crippen LogP contribution in [0, 0.1) is 11.3 Å². The average molecular weight is 307 g/mol. The van der Waals surface area contributed by atoms with Crippen LogP contribution >= 0.6 is 0 Å². The first-order valence-electron chi connectivity index (χ1n) is 7.12. The lowest BCUT2D eigenvalue weighted by molar-refractivity contribution is 0.486. The lowest BCUT2D eigenvalue weighted by Gasteiger charge is -2.44. The van der Waals surface area contributed by atoms with Gasteiger partial charge in [-0.2, -0.15) is 9.78 Å². The second-order valence-corrected chi connectivity index (χ2v) is 5.34. The molecule has 0 amide bonds. The van der Waals surface area contributed by atoms with Crippen molar-refractivity contribution >= 4 is 17.3 Å². The topological polar surface area (TPSA) is 99.1 Å². The third kappa shape index (κ3) is 2.20. The number of hydrogen-bond donors (Lipinski definition) is 0. The highest BCUT2D eigenvalue weighted by Crippen LogP contribution is 2.24. The maximum Gasteiger partial charge on any atom is 0.183 e. The summed E-state index contributed by atoms with van der Waals surface area (Å²) in [6.45, 7) is 1.61. The van der Waals surface area contributed by atoms with Gasteiger partial charge >= 0.3 is 0 Å². The molecule has 3 aromatic rings. The number of anilines is 2. The van der Waals surface area contributed by atoms with E-state index in [1.807, 2.05) is 24.1 Å². The van der Waals surface area contributed by atoms with E-state index in [-0.39, 0.29) is 6.04 Å². The van der Waals surface area contributed by atoms with Crippen LogP contribution in [0.1, 0.15) is 5.69 Å². The molecule has 23 heavy (non-hydrogen) atoms. The molecular weight excluding hydrogens is 294 g/mol. The second-order valence-electron chi connectivity index (χ2n) is 5.34. The number of fused-ring (bicyclic) bond motifs is 1. The van der Waals surface area contributed by atoms with Crippen molar-refractivity contribution in [3.8, 4) is 6.07 Å². The lowest BCUT2D eigenvalue weighted by atomic mass is 10.1. The number of rotatable bonds is 3. The summed E-state index contributed by atoms with van der Waals surface area (Å²) in [6.07, 6.45) is 4.72. The molecule has 0 aliphatic carbocycles. The van der Waals surface area contributed by atoms with Crippen molar-refractivity contribution in [2.45, 2.75) is 6.04 Å². The number of nitriles is 1. The Morgan fingerprint density at radius 3 is 2.91 bits per heavy atom. The highest BCUT2D eigenvalue weighted by molar-refractivity contribution is 5.54. The Bertz CT molecular complexity index is 890. The Hall–Kier alpha value is -3.28. The Morgan fingerprint density at radius 1 is 1.26 bits per heavy atom. The molecule has 1 fully saturated rings. The predicted octanol–water partition coefficient (Wildman–Crippen LogP) is 0.111. The third-order valence-electron chi connectivity index (χ3n) is 4.00. The molecular formula is C14H13N9. The van der Waals surface area contributed by atoms with Gasteiger partial charge in [0.1, 0.15) is 18.2 Å². The summed E-state index contributed by atoms with van der Waals surface area (Å²) in [4.78, 5) is 12.5. The molecule has 9 nitrogen and oxygen atoms in total. The standard InChI is InChI=1S/C14H13N9/c1-21(14-11(6-15)16-4-5-17-14)10-7-22(8-10)13-3-2-12-19-18-9-23(12)20-13/h2-5,9-10H,7-8H2,1H3. The van der Waals surface area contributed by atoms with Crippen molar-refractivity contribution in [3.63, 3.8) is 0 Å². The molecule has 0 spiro atoms. The third-order valence-corrected chi connectivity index (χ3v) is 4.00. The van der Waals surface area contributed by atoms with Gasteiger partial charge in [0.25, 0.3) is 0 Å².